The zero-order chi connectivity index (χ0) is 17.4. The van der Waals surface area contributed by atoms with Gasteiger partial charge in [-0.2, -0.15) is 0 Å². The van der Waals surface area contributed by atoms with Gasteiger partial charge >= 0.3 is 0 Å². The number of fused-ring (bicyclic) bond motifs is 2. The lowest BCUT2D eigenvalue weighted by molar-refractivity contribution is 0.415. The monoisotopic (exact) mass is 339 g/mol. The Kier molecular flexibility index (Phi) is 3.87. The Bertz CT molecular complexity index is 1000. The van der Waals surface area contributed by atoms with Gasteiger partial charge in [0.1, 0.15) is 17.4 Å². The molecule has 0 saturated heterocycles. The zero-order valence-corrected chi connectivity index (χ0v) is 13.9. The fourth-order valence-electron chi connectivity index (χ4n) is 3.40. The van der Waals surface area contributed by atoms with Gasteiger partial charge in [-0.25, -0.2) is 9.37 Å². The lowest BCUT2D eigenvalue weighted by Gasteiger charge is -2.31. The number of para-hydroxylation sites is 1. The first-order valence-corrected chi connectivity index (χ1v) is 8.25. The number of methoxy groups -OCH3 is 1. The molecular formula is C19H18FN3O2. The summed E-state index contributed by atoms with van der Waals surface area (Å²) in [5, 5.41) is 0.480. The van der Waals surface area contributed by atoms with E-state index in [4.69, 9.17) is 4.74 Å². The molecule has 5 nitrogen and oxygen atoms in total. The molecule has 6 heteroatoms. The van der Waals surface area contributed by atoms with Crippen LogP contribution in [-0.4, -0.2) is 23.6 Å². The van der Waals surface area contributed by atoms with E-state index in [0.29, 0.717) is 34.7 Å². The minimum absolute atomic E-state index is 0.218. The number of aromatic nitrogens is 2. The molecule has 1 aliphatic heterocycles. The smallest absolute Gasteiger partial charge is 0.258 e. The third-order valence-corrected chi connectivity index (χ3v) is 4.56. The molecule has 1 aromatic heterocycles. The highest BCUT2D eigenvalue weighted by Crippen LogP contribution is 2.30. The first-order valence-electron chi connectivity index (χ1n) is 8.25. The number of anilines is 1. The van der Waals surface area contributed by atoms with Crippen molar-refractivity contribution in [3.63, 3.8) is 0 Å². The van der Waals surface area contributed by atoms with E-state index in [2.05, 4.69) is 9.97 Å². The second-order valence-electron chi connectivity index (χ2n) is 6.17. The molecule has 0 unspecified atom stereocenters. The van der Waals surface area contributed by atoms with Gasteiger partial charge in [-0.3, -0.25) is 4.79 Å². The summed E-state index contributed by atoms with van der Waals surface area (Å²) in [5.74, 6) is 0.906. The van der Waals surface area contributed by atoms with E-state index in [1.807, 2.05) is 11.0 Å². The maximum absolute atomic E-state index is 14.3. The molecule has 2 aromatic carbocycles. The van der Waals surface area contributed by atoms with Crippen molar-refractivity contribution in [2.24, 2.45) is 0 Å². The predicted octanol–water partition coefficient (Wildman–Crippen LogP) is 3.02. The van der Waals surface area contributed by atoms with E-state index in [9.17, 15) is 9.18 Å². The summed E-state index contributed by atoms with van der Waals surface area (Å²) in [5.41, 5.74) is 2.00. The third kappa shape index (κ3) is 2.84. The molecule has 0 radical (unpaired) electrons. The second kappa shape index (κ2) is 6.20. The summed E-state index contributed by atoms with van der Waals surface area (Å²) in [7, 11) is 1.56. The summed E-state index contributed by atoms with van der Waals surface area (Å²) in [6.45, 7) is 1.10. The molecule has 0 fully saturated rings. The Labute approximate surface area is 144 Å². The quantitative estimate of drug-likeness (QED) is 0.797. The SMILES string of the molecule is COc1ccc2nc(CN3CCCc4cccc(F)c43)[nH]c(=O)c2c1. The summed E-state index contributed by atoms with van der Waals surface area (Å²) < 4.78 is 19.4. The van der Waals surface area contributed by atoms with Crippen molar-refractivity contribution in [3.8, 4) is 5.75 Å². The van der Waals surface area contributed by atoms with Crippen LogP contribution in [0.15, 0.2) is 41.2 Å². The Hall–Kier alpha value is -2.89. The number of nitrogens with zero attached hydrogens (tertiary/aromatic N) is 2. The van der Waals surface area contributed by atoms with Gasteiger partial charge in [0, 0.05) is 6.54 Å². The number of benzene rings is 2. The molecule has 4 rings (SSSR count). The van der Waals surface area contributed by atoms with Crippen molar-refractivity contribution in [2.75, 3.05) is 18.6 Å². The molecule has 2 heterocycles. The van der Waals surface area contributed by atoms with E-state index in [1.54, 1.807) is 31.4 Å². The van der Waals surface area contributed by atoms with Gasteiger partial charge in [0.15, 0.2) is 0 Å². The molecule has 0 bridgehead atoms. The average Bonchev–Trinajstić information content (AvgIpc) is 2.62. The van der Waals surface area contributed by atoms with Crippen LogP contribution in [0.2, 0.25) is 0 Å². The Morgan fingerprint density at radius 1 is 1.32 bits per heavy atom. The maximum Gasteiger partial charge on any atom is 0.258 e. The van der Waals surface area contributed by atoms with Crippen LogP contribution in [-0.2, 0) is 13.0 Å². The number of hydrogen-bond acceptors (Lipinski definition) is 4. The van der Waals surface area contributed by atoms with Crippen LogP contribution in [0.4, 0.5) is 10.1 Å². The fraction of sp³-hybridized carbons (Fsp3) is 0.263. The Morgan fingerprint density at radius 2 is 2.20 bits per heavy atom. The number of nitrogens with one attached hydrogen (secondary N) is 1. The summed E-state index contributed by atoms with van der Waals surface area (Å²) in [4.78, 5) is 21.7. The fourth-order valence-corrected chi connectivity index (χ4v) is 3.40. The molecular weight excluding hydrogens is 321 g/mol. The first-order chi connectivity index (χ1) is 12.2. The van der Waals surface area contributed by atoms with Gasteiger partial charge in [-0.05, 0) is 42.7 Å². The van der Waals surface area contributed by atoms with Crippen molar-refractivity contribution in [3.05, 3.63) is 64.0 Å². The van der Waals surface area contributed by atoms with Crippen LogP contribution in [0.1, 0.15) is 17.8 Å². The van der Waals surface area contributed by atoms with Gasteiger partial charge in [0.2, 0.25) is 0 Å². The van der Waals surface area contributed by atoms with Crippen molar-refractivity contribution >= 4 is 16.6 Å². The van der Waals surface area contributed by atoms with Crippen molar-refractivity contribution in [1.82, 2.24) is 9.97 Å². The molecule has 0 saturated carbocycles. The lowest BCUT2D eigenvalue weighted by Crippen LogP contribution is -2.31. The molecule has 1 N–H and O–H groups in total. The standard InChI is InChI=1S/C19H18FN3O2/c1-25-13-7-8-16-14(10-13)19(24)22-17(21-16)11-23-9-3-5-12-4-2-6-15(20)18(12)23/h2,4,6-8,10H,3,5,9,11H2,1H3,(H,21,22,24). The third-order valence-electron chi connectivity index (χ3n) is 4.56. The van der Waals surface area contributed by atoms with Gasteiger partial charge in [0.25, 0.3) is 5.56 Å². The number of aromatic amines is 1. The predicted molar refractivity (Wildman–Crippen MR) is 94.7 cm³/mol. The van der Waals surface area contributed by atoms with E-state index in [1.165, 1.54) is 6.07 Å². The van der Waals surface area contributed by atoms with E-state index in [-0.39, 0.29) is 11.4 Å². The lowest BCUT2D eigenvalue weighted by atomic mass is 10.0. The summed E-state index contributed by atoms with van der Waals surface area (Å²) in [6.07, 6.45) is 1.82. The van der Waals surface area contributed by atoms with E-state index in [0.717, 1.165) is 24.9 Å². The Balaban J connectivity index is 1.72. The number of aryl methyl sites for hydroxylation is 1. The van der Waals surface area contributed by atoms with Crippen LogP contribution in [0, 0.1) is 5.82 Å². The van der Waals surface area contributed by atoms with Crippen LogP contribution in [0.5, 0.6) is 5.75 Å². The molecule has 3 aromatic rings. The molecule has 0 spiro atoms. The number of hydrogen-bond donors (Lipinski definition) is 1. The normalized spacial score (nSPS) is 13.8. The van der Waals surface area contributed by atoms with Crippen LogP contribution < -0.4 is 15.2 Å². The molecule has 0 amide bonds. The number of H-pyrrole nitrogens is 1. The highest BCUT2D eigenvalue weighted by molar-refractivity contribution is 5.79. The highest BCUT2D eigenvalue weighted by atomic mass is 19.1. The zero-order valence-electron chi connectivity index (χ0n) is 13.9. The Morgan fingerprint density at radius 3 is 3.04 bits per heavy atom. The van der Waals surface area contributed by atoms with Crippen LogP contribution >= 0.6 is 0 Å². The van der Waals surface area contributed by atoms with Crippen molar-refractivity contribution in [1.29, 1.82) is 0 Å². The minimum atomic E-state index is -0.231. The number of rotatable bonds is 3. The topological polar surface area (TPSA) is 58.2 Å². The minimum Gasteiger partial charge on any atom is -0.497 e. The van der Waals surface area contributed by atoms with Gasteiger partial charge in [-0.1, -0.05) is 12.1 Å². The van der Waals surface area contributed by atoms with Crippen molar-refractivity contribution in [2.45, 2.75) is 19.4 Å². The van der Waals surface area contributed by atoms with Gasteiger partial charge in [0.05, 0.1) is 30.2 Å². The number of halogens is 1. The second-order valence-corrected chi connectivity index (χ2v) is 6.17. The van der Waals surface area contributed by atoms with Gasteiger partial charge in [-0.15, -0.1) is 0 Å². The van der Waals surface area contributed by atoms with Crippen LogP contribution in [0.25, 0.3) is 10.9 Å². The molecule has 0 aliphatic carbocycles. The molecule has 1 aliphatic rings. The highest BCUT2D eigenvalue weighted by Gasteiger charge is 2.21. The molecule has 128 valence electrons. The summed E-state index contributed by atoms with van der Waals surface area (Å²) in [6, 6.07) is 10.4. The van der Waals surface area contributed by atoms with Gasteiger partial charge < -0.3 is 14.6 Å². The number of ether oxygens (including phenoxy) is 1. The largest absolute Gasteiger partial charge is 0.497 e. The first kappa shape index (κ1) is 15.6. The molecule has 0 atom stereocenters. The molecule has 25 heavy (non-hydrogen) atoms. The summed E-state index contributed by atoms with van der Waals surface area (Å²) >= 11 is 0. The maximum atomic E-state index is 14.3. The van der Waals surface area contributed by atoms with Crippen LogP contribution in [0.3, 0.4) is 0 Å². The van der Waals surface area contributed by atoms with E-state index < -0.39 is 0 Å². The average molecular weight is 339 g/mol. The van der Waals surface area contributed by atoms with Crippen molar-refractivity contribution < 1.29 is 9.13 Å². The van der Waals surface area contributed by atoms with E-state index >= 15 is 0 Å².